The van der Waals surface area contributed by atoms with E-state index in [9.17, 15) is 5.21 Å². The van der Waals surface area contributed by atoms with E-state index in [2.05, 4.69) is 5.32 Å². The fraction of sp³-hybridized carbons (Fsp3) is 0.364. The highest BCUT2D eigenvalue weighted by molar-refractivity contribution is 7.80. The first-order valence-electron chi connectivity index (χ1n) is 4.87. The summed E-state index contributed by atoms with van der Waals surface area (Å²) in [6, 6.07) is 9.76. The highest BCUT2D eigenvalue weighted by atomic mass is 32.1. The molecule has 1 fully saturated rings. The van der Waals surface area contributed by atoms with Gasteiger partial charge in [-0.15, -0.1) is 0 Å². The molecule has 1 aromatic carbocycles. The number of hydrogen-bond acceptors (Lipinski definition) is 3. The van der Waals surface area contributed by atoms with Crippen molar-refractivity contribution in [2.45, 2.75) is 25.6 Å². The second-order valence-corrected chi connectivity index (χ2v) is 4.60. The van der Waals surface area contributed by atoms with Gasteiger partial charge in [0.1, 0.15) is 6.17 Å². The lowest BCUT2D eigenvalue weighted by molar-refractivity contribution is -0.159. The molecule has 4 heteroatoms. The van der Waals surface area contributed by atoms with Crippen molar-refractivity contribution in [1.29, 1.82) is 0 Å². The fourth-order valence-corrected chi connectivity index (χ4v) is 1.85. The first-order valence-corrected chi connectivity index (χ1v) is 5.28. The number of hydroxylamine groups is 2. The van der Waals surface area contributed by atoms with Crippen molar-refractivity contribution in [2.24, 2.45) is 0 Å². The van der Waals surface area contributed by atoms with Crippen molar-refractivity contribution in [2.75, 3.05) is 0 Å². The van der Waals surface area contributed by atoms with Gasteiger partial charge in [-0.05, 0) is 19.4 Å². The van der Waals surface area contributed by atoms with Gasteiger partial charge in [-0.2, -0.15) is 5.06 Å². The molecule has 1 heterocycles. The average molecular weight is 222 g/mol. The van der Waals surface area contributed by atoms with Crippen LogP contribution >= 0.6 is 12.2 Å². The average Bonchev–Trinajstić information content (AvgIpc) is 2.44. The normalized spacial score (nSPS) is 25.3. The van der Waals surface area contributed by atoms with Crippen LogP contribution in [-0.4, -0.2) is 20.8 Å². The Hall–Kier alpha value is -0.970. The number of thiocarbonyl (C=S) groups is 1. The summed E-state index contributed by atoms with van der Waals surface area (Å²) >= 11 is 5.20. The Morgan fingerprint density at radius 3 is 2.40 bits per heavy atom. The maximum atomic E-state index is 10.0. The first kappa shape index (κ1) is 10.5. The zero-order chi connectivity index (χ0) is 11.1. The maximum absolute atomic E-state index is 10.0. The number of nitrogens with one attached hydrogen (secondary N) is 1. The Morgan fingerprint density at radius 1 is 1.33 bits per heavy atom. The van der Waals surface area contributed by atoms with Crippen molar-refractivity contribution in [3.63, 3.8) is 0 Å². The van der Waals surface area contributed by atoms with E-state index in [1.807, 2.05) is 44.2 Å². The molecule has 0 aromatic heterocycles. The highest BCUT2D eigenvalue weighted by Crippen LogP contribution is 2.31. The molecule has 0 aliphatic carbocycles. The Bertz CT molecular complexity index is 377. The van der Waals surface area contributed by atoms with Gasteiger partial charge in [0.2, 0.25) is 0 Å². The molecule has 15 heavy (non-hydrogen) atoms. The third-order valence-electron chi connectivity index (χ3n) is 2.76. The van der Waals surface area contributed by atoms with Crippen molar-refractivity contribution in [3.05, 3.63) is 35.9 Å². The molecule has 0 unspecified atom stereocenters. The summed E-state index contributed by atoms with van der Waals surface area (Å²) in [7, 11) is 0. The summed E-state index contributed by atoms with van der Waals surface area (Å²) in [5, 5.41) is 14.4. The van der Waals surface area contributed by atoms with E-state index >= 15 is 0 Å². The van der Waals surface area contributed by atoms with Crippen LogP contribution in [0.3, 0.4) is 0 Å². The Morgan fingerprint density at radius 2 is 1.93 bits per heavy atom. The Kier molecular flexibility index (Phi) is 2.50. The SMILES string of the molecule is CC1(C)C(=S)N[C@@H](c2ccccc2)N1O. The fourth-order valence-electron chi connectivity index (χ4n) is 1.65. The predicted octanol–water partition coefficient (Wildman–Crippen LogP) is 2.09. The minimum Gasteiger partial charge on any atom is -0.357 e. The highest BCUT2D eigenvalue weighted by Gasteiger charge is 2.43. The molecule has 1 aliphatic rings. The summed E-state index contributed by atoms with van der Waals surface area (Å²) in [4.78, 5) is 0.666. The van der Waals surface area contributed by atoms with Crippen LogP contribution in [-0.2, 0) is 0 Å². The van der Waals surface area contributed by atoms with Gasteiger partial charge in [0.15, 0.2) is 0 Å². The quantitative estimate of drug-likeness (QED) is 0.713. The first-order chi connectivity index (χ1) is 7.03. The lowest BCUT2D eigenvalue weighted by Gasteiger charge is -2.26. The molecule has 1 aromatic rings. The molecule has 0 radical (unpaired) electrons. The van der Waals surface area contributed by atoms with E-state index < -0.39 is 5.54 Å². The summed E-state index contributed by atoms with van der Waals surface area (Å²) in [5.41, 5.74) is 0.503. The van der Waals surface area contributed by atoms with E-state index in [0.717, 1.165) is 5.56 Å². The van der Waals surface area contributed by atoms with Gasteiger partial charge in [-0.3, -0.25) is 0 Å². The molecule has 1 saturated heterocycles. The minimum absolute atomic E-state index is 0.242. The van der Waals surface area contributed by atoms with Crippen LogP contribution in [0.15, 0.2) is 30.3 Å². The summed E-state index contributed by atoms with van der Waals surface area (Å²) in [6.45, 7) is 3.79. The van der Waals surface area contributed by atoms with E-state index in [4.69, 9.17) is 12.2 Å². The van der Waals surface area contributed by atoms with Crippen LogP contribution in [0.4, 0.5) is 0 Å². The van der Waals surface area contributed by atoms with Crippen molar-refractivity contribution >= 4 is 17.2 Å². The second-order valence-electron chi connectivity index (χ2n) is 4.19. The van der Waals surface area contributed by atoms with Crippen LogP contribution in [0.25, 0.3) is 0 Å². The van der Waals surface area contributed by atoms with Gasteiger partial charge < -0.3 is 10.5 Å². The smallest absolute Gasteiger partial charge is 0.130 e. The van der Waals surface area contributed by atoms with Gasteiger partial charge in [0.25, 0.3) is 0 Å². The lowest BCUT2D eigenvalue weighted by atomic mass is 10.1. The number of nitrogens with zero attached hydrogens (tertiary/aromatic N) is 1. The third kappa shape index (κ3) is 1.65. The lowest BCUT2D eigenvalue weighted by Crippen LogP contribution is -2.40. The molecule has 80 valence electrons. The number of rotatable bonds is 1. The molecule has 0 amide bonds. The molecule has 1 atom stereocenters. The summed E-state index contributed by atoms with van der Waals surface area (Å²) in [6.07, 6.45) is -0.242. The zero-order valence-electron chi connectivity index (χ0n) is 8.77. The van der Waals surface area contributed by atoms with Gasteiger partial charge in [-0.25, -0.2) is 0 Å². The van der Waals surface area contributed by atoms with Gasteiger partial charge in [-0.1, -0.05) is 42.5 Å². The largest absolute Gasteiger partial charge is 0.357 e. The van der Waals surface area contributed by atoms with Crippen LogP contribution < -0.4 is 5.32 Å². The topological polar surface area (TPSA) is 35.5 Å². The van der Waals surface area contributed by atoms with Crippen LogP contribution in [0.2, 0.25) is 0 Å². The molecule has 0 saturated carbocycles. The molecule has 2 rings (SSSR count). The van der Waals surface area contributed by atoms with E-state index in [1.54, 1.807) is 0 Å². The molecule has 3 nitrogen and oxygen atoms in total. The minimum atomic E-state index is -0.504. The van der Waals surface area contributed by atoms with E-state index in [1.165, 1.54) is 5.06 Å². The monoisotopic (exact) mass is 222 g/mol. The van der Waals surface area contributed by atoms with Crippen LogP contribution in [0.5, 0.6) is 0 Å². The maximum Gasteiger partial charge on any atom is 0.130 e. The van der Waals surface area contributed by atoms with Crippen molar-refractivity contribution < 1.29 is 5.21 Å². The summed E-state index contributed by atoms with van der Waals surface area (Å²) < 4.78 is 0. The number of hydrogen-bond donors (Lipinski definition) is 2. The van der Waals surface area contributed by atoms with Gasteiger partial charge >= 0.3 is 0 Å². The van der Waals surface area contributed by atoms with Gasteiger partial charge in [0, 0.05) is 0 Å². The zero-order valence-corrected chi connectivity index (χ0v) is 9.58. The molecule has 1 aliphatic heterocycles. The Balaban J connectivity index is 2.32. The van der Waals surface area contributed by atoms with Crippen molar-refractivity contribution in [3.8, 4) is 0 Å². The molecular formula is C11H14N2OS. The molecule has 2 N–H and O–H groups in total. The standard InChI is InChI=1S/C11H14N2OS/c1-11(2)10(15)12-9(13(11)14)8-6-4-3-5-7-8/h3-7,9,14H,1-2H3,(H,12,15)/t9-/m1/s1. The number of benzene rings is 1. The molecule has 0 spiro atoms. The third-order valence-corrected chi connectivity index (χ3v) is 3.37. The molecular weight excluding hydrogens is 208 g/mol. The van der Waals surface area contributed by atoms with Crippen LogP contribution in [0, 0.1) is 0 Å². The molecule has 0 bridgehead atoms. The Labute approximate surface area is 94.7 Å². The van der Waals surface area contributed by atoms with E-state index in [-0.39, 0.29) is 6.17 Å². The predicted molar refractivity (Wildman–Crippen MR) is 62.6 cm³/mol. The van der Waals surface area contributed by atoms with E-state index in [0.29, 0.717) is 4.99 Å². The second kappa shape index (κ2) is 3.56. The van der Waals surface area contributed by atoms with Gasteiger partial charge in [0.05, 0.1) is 10.5 Å². The summed E-state index contributed by atoms with van der Waals surface area (Å²) in [5.74, 6) is 0. The van der Waals surface area contributed by atoms with Crippen LogP contribution in [0.1, 0.15) is 25.6 Å². The van der Waals surface area contributed by atoms with Crippen molar-refractivity contribution in [1.82, 2.24) is 10.4 Å².